The second-order valence-corrected chi connectivity index (χ2v) is 7.60. The van der Waals surface area contributed by atoms with E-state index in [9.17, 15) is 4.79 Å². The summed E-state index contributed by atoms with van der Waals surface area (Å²) >= 11 is 0. The number of hydrogen-bond donors (Lipinski definition) is 1. The Hall–Kier alpha value is -3.41. The van der Waals surface area contributed by atoms with E-state index in [4.69, 9.17) is 4.74 Å². The van der Waals surface area contributed by atoms with E-state index in [1.165, 1.54) is 6.33 Å². The second-order valence-electron chi connectivity index (χ2n) is 7.60. The number of carbonyl (C=O) groups excluding carboxylic acids is 1. The van der Waals surface area contributed by atoms with E-state index in [-0.39, 0.29) is 23.7 Å². The van der Waals surface area contributed by atoms with E-state index in [0.29, 0.717) is 12.4 Å². The van der Waals surface area contributed by atoms with Crippen LogP contribution in [0.5, 0.6) is 5.75 Å². The van der Waals surface area contributed by atoms with Gasteiger partial charge in [-0.1, -0.05) is 42.5 Å². The monoisotopic (exact) mass is 386 g/mol. The van der Waals surface area contributed by atoms with Crippen LogP contribution in [0.4, 0.5) is 5.95 Å². The predicted octanol–water partition coefficient (Wildman–Crippen LogP) is 3.87. The molecule has 0 amide bonds. The van der Waals surface area contributed by atoms with Crippen LogP contribution in [0.25, 0.3) is 0 Å². The number of carbonyl (C=O) groups is 1. The molecule has 0 radical (unpaired) electrons. The number of allylic oxidation sites excluding steroid dienone is 2. The van der Waals surface area contributed by atoms with Gasteiger partial charge in [0, 0.05) is 18.0 Å². The number of nitrogens with zero attached hydrogens (tertiary/aromatic N) is 3. The first kappa shape index (κ1) is 17.7. The molecule has 6 heteroatoms. The summed E-state index contributed by atoms with van der Waals surface area (Å²) < 4.78 is 7.10. The second kappa shape index (κ2) is 6.88. The number of Topliss-reactive ketones (excluding diaryl/α,β-unsaturated/α-hetero) is 1. The SMILES string of the molecule is COc1ccc([C@@H]2C=C3Nc4ncnn4[C@H](c4ccccc4C)[C@H]3C(=O)C2)cc1. The Morgan fingerprint density at radius 2 is 1.93 bits per heavy atom. The Kier molecular flexibility index (Phi) is 4.19. The van der Waals surface area contributed by atoms with Crippen LogP contribution < -0.4 is 10.1 Å². The van der Waals surface area contributed by atoms with Crippen LogP contribution in [0.15, 0.2) is 66.6 Å². The van der Waals surface area contributed by atoms with Crippen molar-refractivity contribution in [1.29, 1.82) is 0 Å². The first-order valence-corrected chi connectivity index (χ1v) is 9.76. The lowest BCUT2D eigenvalue weighted by Crippen LogP contribution is -2.40. The minimum atomic E-state index is -0.292. The molecule has 146 valence electrons. The number of rotatable bonds is 3. The van der Waals surface area contributed by atoms with E-state index in [0.717, 1.165) is 28.1 Å². The summed E-state index contributed by atoms with van der Waals surface area (Å²) in [7, 11) is 1.65. The summed E-state index contributed by atoms with van der Waals surface area (Å²) in [5.74, 6) is 1.43. The van der Waals surface area contributed by atoms with Crippen LogP contribution >= 0.6 is 0 Å². The third kappa shape index (κ3) is 2.92. The molecule has 0 saturated carbocycles. The Bertz CT molecular complexity index is 1100. The summed E-state index contributed by atoms with van der Waals surface area (Å²) in [6, 6.07) is 15.9. The highest BCUT2D eigenvalue weighted by Crippen LogP contribution is 2.44. The van der Waals surface area contributed by atoms with Crippen molar-refractivity contribution in [3.8, 4) is 5.75 Å². The number of hydrogen-bond acceptors (Lipinski definition) is 5. The third-order valence-corrected chi connectivity index (χ3v) is 5.94. The Morgan fingerprint density at radius 3 is 2.69 bits per heavy atom. The minimum Gasteiger partial charge on any atom is -0.497 e. The summed E-state index contributed by atoms with van der Waals surface area (Å²) in [5.41, 5.74) is 4.26. The third-order valence-electron chi connectivity index (χ3n) is 5.94. The maximum Gasteiger partial charge on any atom is 0.226 e. The molecule has 2 heterocycles. The van der Waals surface area contributed by atoms with Gasteiger partial charge in [-0.2, -0.15) is 10.1 Å². The van der Waals surface area contributed by atoms with Crippen LogP contribution in [0.3, 0.4) is 0 Å². The molecule has 3 atom stereocenters. The van der Waals surface area contributed by atoms with Crippen molar-refractivity contribution in [2.45, 2.75) is 25.3 Å². The molecule has 2 aliphatic rings. The highest BCUT2D eigenvalue weighted by Gasteiger charge is 2.43. The fourth-order valence-electron chi connectivity index (χ4n) is 4.47. The molecule has 0 fully saturated rings. The van der Waals surface area contributed by atoms with Crippen LogP contribution in [0, 0.1) is 12.8 Å². The highest BCUT2D eigenvalue weighted by molar-refractivity contribution is 5.88. The van der Waals surface area contributed by atoms with Crippen LogP contribution in [0.2, 0.25) is 0 Å². The zero-order valence-corrected chi connectivity index (χ0v) is 16.4. The number of benzene rings is 2. The number of ether oxygens (including phenoxy) is 1. The zero-order valence-electron chi connectivity index (χ0n) is 16.4. The Balaban J connectivity index is 1.59. The predicted molar refractivity (Wildman–Crippen MR) is 110 cm³/mol. The van der Waals surface area contributed by atoms with Crippen LogP contribution in [-0.2, 0) is 4.79 Å². The molecule has 0 bridgehead atoms. The van der Waals surface area contributed by atoms with Crippen molar-refractivity contribution >= 4 is 11.7 Å². The van der Waals surface area contributed by atoms with E-state index in [1.54, 1.807) is 7.11 Å². The van der Waals surface area contributed by atoms with E-state index in [2.05, 4.69) is 40.5 Å². The lowest BCUT2D eigenvalue weighted by molar-refractivity contribution is -0.123. The van der Waals surface area contributed by atoms with Gasteiger partial charge in [0.15, 0.2) is 0 Å². The van der Waals surface area contributed by atoms with Crippen molar-refractivity contribution < 1.29 is 9.53 Å². The van der Waals surface area contributed by atoms with Gasteiger partial charge in [-0.05, 0) is 35.7 Å². The molecule has 1 aliphatic carbocycles. The number of aromatic nitrogens is 3. The van der Waals surface area contributed by atoms with Gasteiger partial charge < -0.3 is 10.1 Å². The molecule has 1 aromatic heterocycles. The van der Waals surface area contributed by atoms with Gasteiger partial charge in [0.05, 0.1) is 19.1 Å². The largest absolute Gasteiger partial charge is 0.497 e. The minimum absolute atomic E-state index is 0.0270. The molecular formula is C23H22N4O2. The number of nitrogens with one attached hydrogen (secondary N) is 1. The van der Waals surface area contributed by atoms with Crippen molar-refractivity contribution in [3.05, 3.63) is 83.3 Å². The van der Waals surface area contributed by atoms with Gasteiger partial charge >= 0.3 is 0 Å². The van der Waals surface area contributed by atoms with Crippen LogP contribution in [0.1, 0.15) is 35.1 Å². The number of methoxy groups -OCH3 is 1. The summed E-state index contributed by atoms with van der Waals surface area (Å²) in [5, 5.41) is 7.78. The molecule has 0 unspecified atom stereocenters. The molecule has 6 nitrogen and oxygen atoms in total. The van der Waals surface area contributed by atoms with Gasteiger partial charge in [0.2, 0.25) is 5.95 Å². The van der Waals surface area contributed by atoms with E-state index < -0.39 is 0 Å². The van der Waals surface area contributed by atoms with Gasteiger partial charge in [-0.15, -0.1) is 0 Å². The fraction of sp³-hybridized carbons (Fsp3) is 0.261. The molecule has 0 spiro atoms. The molecule has 2 aromatic carbocycles. The summed E-state index contributed by atoms with van der Waals surface area (Å²) in [6.45, 7) is 2.07. The van der Waals surface area contributed by atoms with E-state index >= 15 is 0 Å². The molecule has 1 N–H and O–H groups in total. The number of ketones is 1. The zero-order chi connectivity index (χ0) is 20.0. The van der Waals surface area contributed by atoms with Crippen LogP contribution in [-0.4, -0.2) is 27.7 Å². The number of anilines is 1. The van der Waals surface area contributed by atoms with Gasteiger partial charge in [-0.25, -0.2) is 4.68 Å². The number of aryl methyl sites for hydroxylation is 1. The standard InChI is InChI=1S/C23H22N4O2/c1-14-5-3-4-6-18(14)22-21-19(26-23-24-13-25-27(22)23)11-16(12-20(21)28)15-7-9-17(29-2)10-8-15/h3-11,13,16,21-22H,12H2,1-2H3,(H,24,25,26)/t16-,21-,22-/m1/s1. The maximum absolute atomic E-state index is 13.4. The van der Waals surface area contributed by atoms with Gasteiger partial charge in [-0.3, -0.25) is 4.79 Å². The van der Waals surface area contributed by atoms with Gasteiger partial charge in [0.1, 0.15) is 17.9 Å². The molecule has 1 aliphatic heterocycles. The van der Waals surface area contributed by atoms with Crippen molar-refractivity contribution in [1.82, 2.24) is 14.8 Å². The summed E-state index contributed by atoms with van der Waals surface area (Å²) in [4.78, 5) is 17.8. The van der Waals surface area contributed by atoms with Crippen molar-refractivity contribution in [2.75, 3.05) is 12.4 Å². The van der Waals surface area contributed by atoms with Gasteiger partial charge in [0.25, 0.3) is 0 Å². The lowest BCUT2D eigenvalue weighted by atomic mass is 9.75. The molecule has 3 aromatic rings. The first-order valence-electron chi connectivity index (χ1n) is 9.76. The topological polar surface area (TPSA) is 69.0 Å². The number of fused-ring (bicyclic) bond motifs is 2. The normalized spacial score (nSPS) is 22.9. The molecular weight excluding hydrogens is 364 g/mol. The summed E-state index contributed by atoms with van der Waals surface area (Å²) in [6.07, 6.45) is 4.18. The average Bonchev–Trinajstić information content (AvgIpc) is 3.21. The first-order chi connectivity index (χ1) is 14.2. The maximum atomic E-state index is 13.4. The quantitative estimate of drug-likeness (QED) is 0.740. The smallest absolute Gasteiger partial charge is 0.226 e. The average molecular weight is 386 g/mol. The lowest BCUT2D eigenvalue weighted by Gasteiger charge is -2.38. The Labute approximate surface area is 169 Å². The van der Waals surface area contributed by atoms with Crippen molar-refractivity contribution in [3.63, 3.8) is 0 Å². The molecule has 29 heavy (non-hydrogen) atoms. The van der Waals surface area contributed by atoms with Crippen molar-refractivity contribution in [2.24, 2.45) is 5.92 Å². The highest BCUT2D eigenvalue weighted by atomic mass is 16.5. The molecule has 5 rings (SSSR count). The Morgan fingerprint density at radius 1 is 1.14 bits per heavy atom. The van der Waals surface area contributed by atoms with E-state index in [1.807, 2.05) is 41.1 Å². The fourth-order valence-corrected chi connectivity index (χ4v) is 4.47. The molecule has 0 saturated heterocycles.